The predicted molar refractivity (Wildman–Crippen MR) is 144 cm³/mol. The summed E-state index contributed by atoms with van der Waals surface area (Å²) in [5.74, 6) is -2.27. The summed E-state index contributed by atoms with van der Waals surface area (Å²) in [5.41, 5.74) is 7.84. The van der Waals surface area contributed by atoms with Crippen LogP contribution >= 0.6 is 0 Å². The summed E-state index contributed by atoms with van der Waals surface area (Å²) < 4.78 is 0. The molecule has 198 valence electrons. The molecule has 0 fully saturated rings. The van der Waals surface area contributed by atoms with Crippen LogP contribution in [0.1, 0.15) is 53.0 Å². The van der Waals surface area contributed by atoms with Crippen LogP contribution in [0.2, 0.25) is 0 Å². The van der Waals surface area contributed by atoms with E-state index < -0.39 is 29.9 Å². The molecule has 0 radical (unpaired) electrons. The quantitative estimate of drug-likeness (QED) is 0.226. The van der Waals surface area contributed by atoms with Crippen LogP contribution < -0.4 is 16.4 Å². The molecule has 9 nitrogen and oxygen atoms in total. The Kier molecular flexibility index (Phi) is 8.07. The number of imide groups is 1. The lowest BCUT2D eigenvalue weighted by atomic mass is 10.0. The van der Waals surface area contributed by atoms with E-state index in [2.05, 4.69) is 10.6 Å². The second kappa shape index (κ2) is 11.4. The zero-order chi connectivity index (χ0) is 27.4. The number of aliphatic carboxylic acids is 1. The topological polar surface area (TPSA) is 142 Å². The Hall–Kier alpha value is -4.24. The maximum Gasteiger partial charge on any atom is 0.320 e. The minimum absolute atomic E-state index is 0.0442. The van der Waals surface area contributed by atoms with Crippen molar-refractivity contribution in [1.82, 2.24) is 15.5 Å². The predicted octanol–water partition coefficient (Wildman–Crippen LogP) is 3.18. The highest BCUT2D eigenvalue weighted by atomic mass is 16.4. The summed E-state index contributed by atoms with van der Waals surface area (Å²) in [6.45, 7) is 4.05. The van der Waals surface area contributed by atoms with Gasteiger partial charge in [0.15, 0.2) is 0 Å². The van der Waals surface area contributed by atoms with Gasteiger partial charge in [0.05, 0.1) is 17.2 Å². The Morgan fingerprint density at radius 2 is 1.55 bits per heavy atom. The van der Waals surface area contributed by atoms with Crippen molar-refractivity contribution in [3.05, 3.63) is 77.4 Å². The normalized spacial score (nSPS) is 14.6. The van der Waals surface area contributed by atoms with Crippen molar-refractivity contribution in [3.8, 4) is 0 Å². The van der Waals surface area contributed by atoms with Crippen LogP contribution in [0.15, 0.2) is 60.7 Å². The third kappa shape index (κ3) is 6.00. The molecular weight excluding hydrogens is 484 g/mol. The Bertz CT molecular complexity index is 1330. The molecule has 9 heteroatoms. The number of carboxylic acids is 1. The van der Waals surface area contributed by atoms with E-state index in [9.17, 15) is 24.3 Å². The number of nitrogens with two attached hydrogens (primary N) is 1. The van der Waals surface area contributed by atoms with Crippen molar-refractivity contribution < 1.29 is 24.3 Å². The van der Waals surface area contributed by atoms with Crippen LogP contribution in [0.5, 0.6) is 0 Å². The Morgan fingerprint density at radius 1 is 0.921 bits per heavy atom. The smallest absolute Gasteiger partial charge is 0.320 e. The maximum absolute atomic E-state index is 13.0. The molecule has 4 rings (SSSR count). The van der Waals surface area contributed by atoms with E-state index in [0.29, 0.717) is 23.2 Å². The first-order chi connectivity index (χ1) is 18.1. The van der Waals surface area contributed by atoms with Crippen LogP contribution in [0.25, 0.3) is 10.8 Å². The molecule has 3 aromatic rings. The molecule has 2 atom stereocenters. The molecule has 1 aliphatic rings. The first-order valence-electron chi connectivity index (χ1n) is 12.6. The van der Waals surface area contributed by atoms with Crippen LogP contribution in [-0.4, -0.2) is 52.3 Å². The number of fused-ring (bicyclic) bond motifs is 2. The number of rotatable bonds is 11. The number of nitrogens with zero attached hydrogens (tertiary/aromatic N) is 1. The lowest BCUT2D eigenvalue weighted by Gasteiger charge is -2.25. The average Bonchev–Trinajstić information content (AvgIpc) is 3.11. The highest BCUT2D eigenvalue weighted by Crippen LogP contribution is 2.28. The van der Waals surface area contributed by atoms with Gasteiger partial charge >= 0.3 is 5.97 Å². The van der Waals surface area contributed by atoms with Crippen molar-refractivity contribution in [2.75, 3.05) is 12.3 Å². The molecule has 0 aromatic heterocycles. The Labute approximate surface area is 221 Å². The molecule has 3 amide bonds. The number of amides is 3. The van der Waals surface area contributed by atoms with Gasteiger partial charge in [-0.05, 0) is 59.4 Å². The molecule has 0 aliphatic carbocycles. The lowest BCUT2D eigenvalue weighted by Crippen LogP contribution is -2.52. The first kappa shape index (κ1) is 26.8. The van der Waals surface area contributed by atoms with Gasteiger partial charge in [0, 0.05) is 18.8 Å². The molecule has 5 N–H and O–H groups in total. The number of nitrogens with one attached hydrogen (secondary N) is 2. The van der Waals surface area contributed by atoms with Crippen LogP contribution in [-0.2, 0) is 16.1 Å². The fourth-order valence-electron chi connectivity index (χ4n) is 4.70. The molecule has 0 spiro atoms. The monoisotopic (exact) mass is 516 g/mol. The average molecular weight is 517 g/mol. The third-order valence-electron chi connectivity index (χ3n) is 6.62. The van der Waals surface area contributed by atoms with Gasteiger partial charge in [-0.2, -0.15) is 0 Å². The summed E-state index contributed by atoms with van der Waals surface area (Å²) in [7, 11) is 0. The second-order valence-corrected chi connectivity index (χ2v) is 10.00. The number of carbonyl (C=O) groups is 4. The molecule has 0 bridgehead atoms. The van der Waals surface area contributed by atoms with Gasteiger partial charge in [0.2, 0.25) is 5.91 Å². The standard InChI is InChI=1S/C29H32N4O5/c1-17(2)12-25(26(34)31-16-18-6-5-9-21(30)13-18)32-24(29(37)38)10-11-33-27(35)22-14-19-7-3-4-8-20(19)15-23(22)28(33)36/h3-9,13-15,17,24-25,32H,10-12,16,30H2,1-2H3,(H,31,34)(H,37,38). The zero-order valence-corrected chi connectivity index (χ0v) is 21.4. The van der Waals surface area contributed by atoms with Crippen LogP contribution in [0.4, 0.5) is 5.69 Å². The second-order valence-electron chi connectivity index (χ2n) is 10.00. The van der Waals surface area contributed by atoms with Gasteiger partial charge in [-0.15, -0.1) is 0 Å². The third-order valence-corrected chi connectivity index (χ3v) is 6.62. The van der Waals surface area contributed by atoms with Gasteiger partial charge in [-0.25, -0.2) is 0 Å². The summed E-state index contributed by atoms with van der Waals surface area (Å²) in [4.78, 5) is 52.2. The number of hydrogen-bond donors (Lipinski definition) is 4. The van der Waals surface area contributed by atoms with E-state index in [1.165, 1.54) is 0 Å². The Balaban J connectivity index is 1.43. The highest BCUT2D eigenvalue weighted by Gasteiger charge is 2.37. The zero-order valence-electron chi connectivity index (χ0n) is 21.4. The lowest BCUT2D eigenvalue weighted by molar-refractivity contribution is -0.140. The minimum atomic E-state index is -1.16. The molecule has 1 heterocycles. The molecule has 3 aromatic carbocycles. The van der Waals surface area contributed by atoms with E-state index >= 15 is 0 Å². The van der Waals surface area contributed by atoms with Crippen molar-refractivity contribution >= 4 is 40.2 Å². The maximum atomic E-state index is 13.0. The largest absolute Gasteiger partial charge is 0.480 e. The molecule has 0 saturated carbocycles. The molecule has 38 heavy (non-hydrogen) atoms. The summed E-state index contributed by atoms with van der Waals surface area (Å²) in [5, 5.41) is 17.4. The van der Waals surface area contributed by atoms with Gasteiger partial charge in [-0.3, -0.25) is 29.4 Å². The SMILES string of the molecule is CC(C)CC(NC(CCN1C(=O)c2cc3ccccc3cc2C1=O)C(=O)O)C(=O)NCc1cccc(N)c1. The number of benzene rings is 3. The summed E-state index contributed by atoms with van der Waals surface area (Å²) in [6, 6.07) is 16.1. The van der Waals surface area contributed by atoms with Gasteiger partial charge in [-0.1, -0.05) is 50.2 Å². The number of carboxylic acid groups (broad SMARTS) is 1. The summed E-state index contributed by atoms with van der Waals surface area (Å²) in [6.07, 6.45) is 0.365. The first-order valence-corrected chi connectivity index (χ1v) is 12.6. The van der Waals surface area contributed by atoms with Gasteiger partial charge in [0.1, 0.15) is 6.04 Å². The van der Waals surface area contributed by atoms with E-state index in [1.807, 2.05) is 44.2 Å². The number of nitrogen functional groups attached to an aromatic ring is 1. The number of hydrogen-bond acceptors (Lipinski definition) is 6. The van der Waals surface area contributed by atoms with Crippen molar-refractivity contribution in [2.24, 2.45) is 5.92 Å². The van der Waals surface area contributed by atoms with E-state index in [4.69, 9.17) is 5.73 Å². The fraction of sp³-hybridized carbons (Fsp3) is 0.310. The number of anilines is 1. The van der Waals surface area contributed by atoms with Gasteiger partial charge in [0.25, 0.3) is 11.8 Å². The van der Waals surface area contributed by atoms with Gasteiger partial charge < -0.3 is 16.2 Å². The van der Waals surface area contributed by atoms with E-state index in [0.717, 1.165) is 21.2 Å². The van der Waals surface area contributed by atoms with Crippen molar-refractivity contribution in [1.29, 1.82) is 0 Å². The Morgan fingerprint density at radius 3 is 2.11 bits per heavy atom. The highest BCUT2D eigenvalue weighted by molar-refractivity contribution is 6.23. The molecular formula is C29H32N4O5. The van der Waals surface area contributed by atoms with Crippen LogP contribution in [0.3, 0.4) is 0 Å². The molecule has 0 saturated heterocycles. The van der Waals surface area contributed by atoms with E-state index in [1.54, 1.807) is 30.3 Å². The van der Waals surface area contributed by atoms with E-state index in [-0.39, 0.29) is 31.3 Å². The number of carbonyl (C=O) groups excluding carboxylic acids is 3. The molecule has 1 aliphatic heterocycles. The fourth-order valence-corrected chi connectivity index (χ4v) is 4.70. The van der Waals surface area contributed by atoms with Crippen molar-refractivity contribution in [2.45, 2.75) is 45.3 Å². The van der Waals surface area contributed by atoms with Crippen molar-refractivity contribution in [3.63, 3.8) is 0 Å². The van der Waals surface area contributed by atoms with Crippen LogP contribution in [0, 0.1) is 5.92 Å². The minimum Gasteiger partial charge on any atom is -0.480 e. The molecule has 2 unspecified atom stereocenters. The summed E-state index contributed by atoms with van der Waals surface area (Å²) >= 11 is 0.